The van der Waals surface area contributed by atoms with E-state index in [9.17, 15) is 4.79 Å². The molecule has 1 aromatic heterocycles. The molecule has 0 radical (unpaired) electrons. The largest absolute Gasteiger partial charge is 0.493 e. The molecule has 2 aliphatic rings. The van der Waals surface area contributed by atoms with Gasteiger partial charge in [-0.05, 0) is 37.6 Å². The molecule has 9 nitrogen and oxygen atoms in total. The number of rotatable bonds is 5. The SMILES string of the molecule is CCOC(=O)/C(=C\c1cc(OC)c2c(c1)OCCO2)C1=Nn2c(C)nnc2SC1. The Balaban J connectivity index is 1.79. The molecular weight excluding hydrogens is 396 g/mol. The number of carbonyl (C=O) groups excluding carboxylic acids is 1. The van der Waals surface area contributed by atoms with Crippen LogP contribution in [0, 0.1) is 6.92 Å². The first-order chi connectivity index (χ1) is 14.1. The molecule has 0 bridgehead atoms. The van der Waals surface area contributed by atoms with Gasteiger partial charge in [-0.15, -0.1) is 10.2 Å². The van der Waals surface area contributed by atoms with Gasteiger partial charge >= 0.3 is 5.97 Å². The Labute approximate surface area is 171 Å². The standard InChI is InChI=1S/C19H20N4O5S/c1-4-26-18(24)13(14-10-29-19-21-20-11(2)23(19)22-14)7-12-8-15(25-3)17-16(9-12)27-5-6-28-17/h7-9H,4-6,10H2,1-3H3/b13-7-. The molecule has 0 saturated carbocycles. The molecule has 0 fully saturated rings. The fraction of sp³-hybridized carbons (Fsp3) is 0.368. The summed E-state index contributed by atoms with van der Waals surface area (Å²) in [6, 6.07) is 3.60. The summed E-state index contributed by atoms with van der Waals surface area (Å²) in [5.41, 5.74) is 1.66. The second kappa shape index (κ2) is 8.16. The summed E-state index contributed by atoms with van der Waals surface area (Å²) in [5.74, 6) is 2.34. The second-order valence-electron chi connectivity index (χ2n) is 6.20. The normalized spacial score (nSPS) is 15.4. The molecule has 0 N–H and O–H groups in total. The number of esters is 1. The number of hydrogen-bond donors (Lipinski definition) is 0. The molecule has 3 heterocycles. The highest BCUT2D eigenvalue weighted by Crippen LogP contribution is 2.41. The zero-order valence-electron chi connectivity index (χ0n) is 16.3. The van der Waals surface area contributed by atoms with Crippen LogP contribution in [0.15, 0.2) is 28.0 Å². The third-order valence-corrected chi connectivity index (χ3v) is 5.22. The highest BCUT2D eigenvalue weighted by atomic mass is 32.2. The number of carbonyl (C=O) groups is 1. The average Bonchev–Trinajstić information content (AvgIpc) is 3.11. The van der Waals surface area contributed by atoms with Gasteiger partial charge < -0.3 is 18.9 Å². The van der Waals surface area contributed by atoms with Crippen LogP contribution in [0.3, 0.4) is 0 Å². The van der Waals surface area contributed by atoms with Crippen molar-refractivity contribution in [1.82, 2.24) is 14.9 Å². The Bertz CT molecular complexity index is 997. The summed E-state index contributed by atoms with van der Waals surface area (Å²) in [4.78, 5) is 12.7. The van der Waals surface area contributed by atoms with Gasteiger partial charge in [0.25, 0.3) is 0 Å². The number of methoxy groups -OCH3 is 1. The van der Waals surface area contributed by atoms with E-state index in [1.54, 1.807) is 30.9 Å². The minimum atomic E-state index is -0.449. The number of aryl methyl sites for hydroxylation is 1. The van der Waals surface area contributed by atoms with Gasteiger partial charge in [0.2, 0.25) is 10.9 Å². The fourth-order valence-electron chi connectivity index (χ4n) is 2.97. The number of benzene rings is 1. The van der Waals surface area contributed by atoms with Crippen LogP contribution in [-0.4, -0.2) is 59.2 Å². The van der Waals surface area contributed by atoms with Crippen LogP contribution in [0.25, 0.3) is 6.08 Å². The summed E-state index contributed by atoms with van der Waals surface area (Å²) in [6.07, 6.45) is 1.73. The van der Waals surface area contributed by atoms with Crippen molar-refractivity contribution in [1.29, 1.82) is 0 Å². The highest BCUT2D eigenvalue weighted by molar-refractivity contribution is 7.99. The Morgan fingerprint density at radius 1 is 1.31 bits per heavy atom. The molecule has 0 amide bonds. The number of fused-ring (bicyclic) bond motifs is 2. The van der Waals surface area contributed by atoms with Crippen molar-refractivity contribution in [3.8, 4) is 17.2 Å². The first-order valence-corrected chi connectivity index (χ1v) is 10.1. The predicted molar refractivity (Wildman–Crippen MR) is 107 cm³/mol. The van der Waals surface area contributed by atoms with Crippen LogP contribution < -0.4 is 14.2 Å². The monoisotopic (exact) mass is 416 g/mol. The Kier molecular flexibility index (Phi) is 5.43. The topological polar surface area (TPSA) is 97.1 Å². The molecule has 2 aliphatic heterocycles. The molecule has 152 valence electrons. The average molecular weight is 416 g/mol. The van der Waals surface area contributed by atoms with E-state index in [1.807, 2.05) is 13.0 Å². The number of aromatic nitrogens is 3. The van der Waals surface area contributed by atoms with Gasteiger partial charge in [0.1, 0.15) is 13.2 Å². The van der Waals surface area contributed by atoms with Gasteiger partial charge in [-0.2, -0.15) is 9.78 Å². The Hall–Kier alpha value is -3.01. The third-order valence-electron chi connectivity index (χ3n) is 4.29. The first kappa shape index (κ1) is 19.3. The molecule has 10 heteroatoms. The van der Waals surface area contributed by atoms with Crippen LogP contribution in [0.2, 0.25) is 0 Å². The molecule has 1 aromatic carbocycles. The van der Waals surface area contributed by atoms with Crippen molar-refractivity contribution in [2.24, 2.45) is 5.10 Å². The minimum Gasteiger partial charge on any atom is -0.493 e. The first-order valence-electron chi connectivity index (χ1n) is 9.10. The maximum absolute atomic E-state index is 12.7. The van der Waals surface area contributed by atoms with Gasteiger partial charge in [0.05, 0.1) is 25.0 Å². The molecule has 2 aromatic rings. The van der Waals surface area contributed by atoms with Crippen molar-refractivity contribution < 1.29 is 23.7 Å². The van der Waals surface area contributed by atoms with Crippen LogP contribution in [0.5, 0.6) is 17.2 Å². The molecule has 0 atom stereocenters. The summed E-state index contributed by atoms with van der Waals surface area (Å²) in [5, 5.41) is 13.4. The molecule has 0 saturated heterocycles. The van der Waals surface area contributed by atoms with E-state index in [-0.39, 0.29) is 6.61 Å². The zero-order chi connectivity index (χ0) is 20.4. The molecule has 4 rings (SSSR count). The third kappa shape index (κ3) is 3.80. The van der Waals surface area contributed by atoms with Gasteiger partial charge in [0, 0.05) is 5.75 Å². The van der Waals surface area contributed by atoms with Crippen LogP contribution in [0.1, 0.15) is 18.3 Å². The lowest BCUT2D eigenvalue weighted by Gasteiger charge is -2.21. The van der Waals surface area contributed by atoms with Crippen molar-refractivity contribution in [2.45, 2.75) is 19.0 Å². The lowest BCUT2D eigenvalue weighted by Crippen LogP contribution is -2.22. The molecule has 0 aliphatic carbocycles. The van der Waals surface area contributed by atoms with Crippen molar-refractivity contribution in [2.75, 3.05) is 32.7 Å². The van der Waals surface area contributed by atoms with E-state index >= 15 is 0 Å². The van der Waals surface area contributed by atoms with E-state index in [4.69, 9.17) is 18.9 Å². The maximum Gasteiger partial charge on any atom is 0.340 e. The van der Waals surface area contributed by atoms with E-state index in [1.165, 1.54) is 11.8 Å². The highest BCUT2D eigenvalue weighted by Gasteiger charge is 2.25. The van der Waals surface area contributed by atoms with E-state index in [0.717, 1.165) is 0 Å². The Morgan fingerprint density at radius 3 is 2.93 bits per heavy atom. The van der Waals surface area contributed by atoms with Crippen molar-refractivity contribution in [3.63, 3.8) is 0 Å². The predicted octanol–water partition coefficient (Wildman–Crippen LogP) is 2.32. The molecular formula is C19H20N4O5S. The Morgan fingerprint density at radius 2 is 2.14 bits per heavy atom. The minimum absolute atomic E-state index is 0.262. The summed E-state index contributed by atoms with van der Waals surface area (Å²) >= 11 is 1.46. The number of ether oxygens (including phenoxy) is 4. The van der Waals surface area contributed by atoms with Gasteiger partial charge in [0.15, 0.2) is 17.3 Å². The van der Waals surface area contributed by atoms with Gasteiger partial charge in [-0.3, -0.25) is 0 Å². The van der Waals surface area contributed by atoms with Crippen LogP contribution >= 0.6 is 11.8 Å². The zero-order valence-corrected chi connectivity index (χ0v) is 17.1. The van der Waals surface area contributed by atoms with Crippen molar-refractivity contribution in [3.05, 3.63) is 29.1 Å². The lowest BCUT2D eigenvalue weighted by atomic mass is 10.1. The van der Waals surface area contributed by atoms with E-state index in [2.05, 4.69) is 15.3 Å². The van der Waals surface area contributed by atoms with Gasteiger partial charge in [-0.25, -0.2) is 4.79 Å². The number of nitrogens with zero attached hydrogens (tertiary/aromatic N) is 4. The van der Waals surface area contributed by atoms with E-state index < -0.39 is 5.97 Å². The van der Waals surface area contributed by atoms with E-state index in [0.29, 0.717) is 64.0 Å². The smallest absolute Gasteiger partial charge is 0.340 e. The lowest BCUT2D eigenvalue weighted by molar-refractivity contribution is -0.137. The molecule has 0 unspecified atom stereocenters. The van der Waals surface area contributed by atoms with Crippen molar-refractivity contribution >= 4 is 29.5 Å². The van der Waals surface area contributed by atoms with Crippen LogP contribution in [-0.2, 0) is 9.53 Å². The quantitative estimate of drug-likeness (QED) is 0.541. The summed E-state index contributed by atoms with van der Waals surface area (Å²) in [7, 11) is 1.56. The second-order valence-corrected chi connectivity index (χ2v) is 7.15. The van der Waals surface area contributed by atoms with Gasteiger partial charge in [-0.1, -0.05) is 11.8 Å². The number of hydrogen-bond acceptors (Lipinski definition) is 9. The fourth-order valence-corrected chi connectivity index (χ4v) is 3.84. The molecule has 0 spiro atoms. The van der Waals surface area contributed by atoms with Crippen LogP contribution in [0.4, 0.5) is 0 Å². The molecule has 29 heavy (non-hydrogen) atoms. The maximum atomic E-state index is 12.7. The summed E-state index contributed by atoms with van der Waals surface area (Å²) < 4.78 is 23.7. The number of thioether (sulfide) groups is 1. The summed E-state index contributed by atoms with van der Waals surface area (Å²) in [6.45, 7) is 4.75.